The van der Waals surface area contributed by atoms with Gasteiger partial charge in [0.25, 0.3) is 0 Å². The summed E-state index contributed by atoms with van der Waals surface area (Å²) in [6.07, 6.45) is -29.1. The van der Waals surface area contributed by atoms with E-state index in [0.717, 1.165) is 5.57 Å². The van der Waals surface area contributed by atoms with Crippen LogP contribution in [0, 0.1) is 50.2 Å². The van der Waals surface area contributed by atoms with Crippen LogP contribution in [0.2, 0.25) is 0 Å². The Labute approximate surface area is 535 Å². The van der Waals surface area contributed by atoms with Crippen molar-refractivity contribution in [3.05, 3.63) is 34.9 Å². The van der Waals surface area contributed by atoms with E-state index < -0.39 is 223 Å². The molecule has 0 amide bonds. The van der Waals surface area contributed by atoms with E-state index in [4.69, 9.17) is 52.1 Å². The zero-order chi connectivity index (χ0) is 68.0. The molecular formula is C65H100O27. The number of hydrogen-bond donors (Lipinski definition) is 12. The molecule has 0 bridgehead atoms. The van der Waals surface area contributed by atoms with Crippen molar-refractivity contribution in [2.45, 2.75) is 276 Å². The van der Waals surface area contributed by atoms with Crippen LogP contribution in [-0.2, 0) is 71.3 Å². The predicted octanol–water partition coefficient (Wildman–Crippen LogP) is 0.715. The van der Waals surface area contributed by atoms with E-state index in [1.54, 1.807) is 33.8 Å². The third kappa shape index (κ3) is 12.3. The lowest BCUT2D eigenvalue weighted by atomic mass is 9.33. The number of aliphatic hydroxyl groups excluding tert-OH is 11. The summed E-state index contributed by atoms with van der Waals surface area (Å²) in [5, 5.41) is 135. The Morgan fingerprint density at radius 3 is 1.73 bits per heavy atom. The summed E-state index contributed by atoms with van der Waals surface area (Å²) in [6, 6.07) is 0. The predicted molar refractivity (Wildman–Crippen MR) is 316 cm³/mol. The van der Waals surface area contributed by atoms with Crippen LogP contribution in [0.3, 0.4) is 0 Å². The van der Waals surface area contributed by atoms with Crippen LogP contribution in [-0.4, -0.2) is 246 Å². The van der Waals surface area contributed by atoms with Gasteiger partial charge >= 0.3 is 23.9 Å². The van der Waals surface area contributed by atoms with E-state index in [1.165, 1.54) is 19.9 Å². The lowest BCUT2D eigenvalue weighted by molar-refractivity contribution is -0.386. The van der Waals surface area contributed by atoms with Crippen molar-refractivity contribution in [2.75, 3.05) is 19.8 Å². The molecule has 4 heterocycles. The Hall–Kier alpha value is -3.66. The molecule has 5 aliphatic carbocycles. The molecule has 0 spiro atoms. The number of hydrogen-bond acceptors (Lipinski definition) is 26. The molecule has 9 rings (SSSR count). The first-order chi connectivity index (χ1) is 42.9. The molecule has 8 fully saturated rings. The van der Waals surface area contributed by atoms with Crippen molar-refractivity contribution in [1.29, 1.82) is 0 Å². The van der Waals surface area contributed by atoms with Crippen molar-refractivity contribution in [3.8, 4) is 0 Å². The second-order valence-corrected chi connectivity index (χ2v) is 29.4. The average molecular weight is 1310 g/mol. The van der Waals surface area contributed by atoms with Crippen LogP contribution < -0.4 is 0 Å². The molecular weight excluding hydrogens is 1210 g/mol. The number of aliphatic carboxylic acids is 1. The molecule has 27 heteroatoms. The first kappa shape index (κ1) is 72.6. The molecule has 4 saturated heterocycles. The summed E-state index contributed by atoms with van der Waals surface area (Å²) < 4.78 is 67.2. The topological polar surface area (TPSA) is 413 Å². The molecule has 522 valence electrons. The van der Waals surface area contributed by atoms with E-state index in [0.29, 0.717) is 32.1 Å². The van der Waals surface area contributed by atoms with Gasteiger partial charge in [-0.3, -0.25) is 4.79 Å². The molecule has 12 N–H and O–H groups in total. The van der Waals surface area contributed by atoms with Crippen LogP contribution in [0.5, 0.6) is 0 Å². The normalized spacial score (nSPS) is 48.4. The van der Waals surface area contributed by atoms with Crippen molar-refractivity contribution in [2.24, 2.45) is 50.2 Å². The van der Waals surface area contributed by atoms with Gasteiger partial charge in [-0.2, -0.15) is 0 Å². The quantitative estimate of drug-likeness (QED) is 0.0314. The largest absolute Gasteiger partial charge is 0.479 e. The number of rotatable bonds is 17. The molecule has 9 aliphatic rings. The Morgan fingerprint density at radius 1 is 0.609 bits per heavy atom. The fourth-order valence-electron chi connectivity index (χ4n) is 17.8. The molecule has 4 saturated carbocycles. The van der Waals surface area contributed by atoms with Gasteiger partial charge in [0.2, 0.25) is 0 Å². The fourth-order valence-corrected chi connectivity index (χ4v) is 17.8. The van der Waals surface area contributed by atoms with Gasteiger partial charge < -0.3 is 113 Å². The first-order valence-electron chi connectivity index (χ1n) is 32.3. The second kappa shape index (κ2) is 27.0. The maximum Gasteiger partial charge on any atom is 0.335 e. The number of ether oxygens (including phenoxy) is 11. The highest BCUT2D eigenvalue weighted by Gasteiger charge is 2.74. The summed E-state index contributed by atoms with van der Waals surface area (Å²) in [5.74, 6) is -4.56. The Morgan fingerprint density at radius 2 is 1.16 bits per heavy atom. The van der Waals surface area contributed by atoms with Gasteiger partial charge in [-0.15, -0.1) is 0 Å². The van der Waals surface area contributed by atoms with E-state index >= 15 is 0 Å². The molecule has 10 unspecified atom stereocenters. The molecule has 0 aromatic carbocycles. The molecule has 0 aromatic rings. The number of carbonyl (C=O) groups is 4. The van der Waals surface area contributed by atoms with Gasteiger partial charge in [-0.05, 0) is 124 Å². The maximum absolute atomic E-state index is 13.4. The minimum Gasteiger partial charge on any atom is -0.479 e. The third-order valence-electron chi connectivity index (χ3n) is 23.6. The Kier molecular flexibility index (Phi) is 21.3. The number of carbonyl (C=O) groups excluding carboxylic acids is 3. The lowest BCUT2D eigenvalue weighted by Gasteiger charge is -2.72. The molecule has 0 radical (unpaired) electrons. The van der Waals surface area contributed by atoms with Crippen LogP contribution in [0.25, 0.3) is 0 Å². The van der Waals surface area contributed by atoms with Crippen LogP contribution in [0.4, 0.5) is 0 Å². The standard InChI is InChI=1S/C65H100O27/c1-14-27(3)54(80)87-46-29(5)83-58(45(76)48(46)88-55(81)28(4)15-2)92-52-51(77)65(26-82-30(6)68)32(22-60(52,7)8)31-16-17-36-62(11)20-19-38(61(9,10)35(62)18-21-63(36,12)64(31,13)23-37(65)69)86-59-50(91-57-43(74)41(72)39(70)33(24-66)84-57)47(44(75)49(90-59)53(78)79)89-56-42(73)40(71)34(25-67)85-56/h14-16,29,32-52,56-59,66-67,69-77H,17-26H2,1-13H3,(H,78,79)/b27-14-,28-15-/t29?,32?,33?,34-,35?,36?,37-,38+,39+,40+,41+,42?,43?,44-,45?,46+,47+,48-,49?,50?,51+,52+,56+,57+,58+,59-,62+,63-,64-,65+/m1/s1. The van der Waals surface area contributed by atoms with Gasteiger partial charge in [0, 0.05) is 18.1 Å². The molecule has 27 nitrogen and oxygen atoms in total. The summed E-state index contributed by atoms with van der Waals surface area (Å²) in [5.41, 5.74) is -3.54. The Balaban J connectivity index is 1.01. The molecule has 4 aliphatic heterocycles. The number of carboxylic acid groups (broad SMARTS) is 1. The van der Waals surface area contributed by atoms with Gasteiger partial charge in [0.15, 0.2) is 43.5 Å². The molecule has 92 heavy (non-hydrogen) atoms. The zero-order valence-corrected chi connectivity index (χ0v) is 54.8. The number of allylic oxidation sites excluding steroid dienone is 4. The summed E-state index contributed by atoms with van der Waals surface area (Å²) >= 11 is 0. The lowest BCUT2D eigenvalue weighted by Crippen LogP contribution is -2.72. The summed E-state index contributed by atoms with van der Waals surface area (Å²) in [6.45, 7) is 21.8. The number of esters is 3. The average Bonchev–Trinajstić information content (AvgIpc) is 0.773. The minimum atomic E-state index is -2.13. The SMILES string of the molecule is C/C=C(/C)C(=O)O[C@@H]1C(O)[C@H](O[C@H]2[C@H](O)[C@@]3(COC(C)=O)C(CC2(C)C)C2=CCC4[C@@]5(C)CC[C@H](O[C@@H]6OC(C(=O)O)[C@H](O)[C@H](O[C@@H]7O[C@H](CO)[C@H](O)C7O)C6O[C@@H]6OC(CO)[C@H](O)[C@H](O)C6O)C(C)(C)C5CC[C@@]4(C)[C@]2(C)C[C@H]3O)OC(C)[C@@H]1OC(=O)/C(C)=C\C. The number of carboxylic acids is 1. The highest BCUT2D eigenvalue weighted by Crippen LogP contribution is 2.76. The van der Waals surface area contributed by atoms with E-state index in [-0.39, 0.29) is 35.8 Å². The second-order valence-electron chi connectivity index (χ2n) is 29.4. The zero-order valence-electron chi connectivity index (χ0n) is 54.8. The molecule has 0 aromatic heterocycles. The van der Waals surface area contributed by atoms with Crippen molar-refractivity contribution >= 4 is 23.9 Å². The van der Waals surface area contributed by atoms with E-state index in [2.05, 4.69) is 26.8 Å². The fraction of sp³-hybridized carbons (Fsp3) is 0.846. The van der Waals surface area contributed by atoms with Gasteiger partial charge in [-0.1, -0.05) is 72.3 Å². The highest BCUT2D eigenvalue weighted by atomic mass is 16.8. The highest BCUT2D eigenvalue weighted by molar-refractivity contribution is 5.88. The summed E-state index contributed by atoms with van der Waals surface area (Å²) in [4.78, 5) is 52.4. The van der Waals surface area contributed by atoms with Gasteiger partial charge in [0.1, 0.15) is 73.8 Å². The van der Waals surface area contributed by atoms with E-state index in [1.807, 2.05) is 27.7 Å². The number of aliphatic hydroxyl groups is 11. The van der Waals surface area contributed by atoms with Crippen molar-refractivity contribution in [3.63, 3.8) is 0 Å². The summed E-state index contributed by atoms with van der Waals surface area (Å²) in [7, 11) is 0. The van der Waals surface area contributed by atoms with Crippen LogP contribution >= 0.6 is 0 Å². The smallest absolute Gasteiger partial charge is 0.335 e. The van der Waals surface area contributed by atoms with Crippen molar-refractivity contribution < 1.29 is 133 Å². The third-order valence-corrected chi connectivity index (χ3v) is 23.6. The minimum absolute atomic E-state index is 0.0439. The maximum atomic E-state index is 13.4. The van der Waals surface area contributed by atoms with Crippen molar-refractivity contribution in [1.82, 2.24) is 0 Å². The first-order valence-corrected chi connectivity index (χ1v) is 32.3. The molecule has 30 atom stereocenters. The van der Waals surface area contributed by atoms with E-state index in [9.17, 15) is 80.5 Å². The Bertz CT molecular complexity index is 2790. The van der Waals surface area contributed by atoms with Gasteiger partial charge in [0.05, 0.1) is 49.1 Å². The monoisotopic (exact) mass is 1310 g/mol. The van der Waals surface area contributed by atoms with Gasteiger partial charge in [-0.25, -0.2) is 14.4 Å². The number of fused-ring (bicyclic) bond motifs is 7. The van der Waals surface area contributed by atoms with Crippen LogP contribution in [0.15, 0.2) is 34.9 Å². The van der Waals surface area contributed by atoms with Crippen LogP contribution in [0.1, 0.15) is 135 Å².